The molecule has 1 aliphatic rings. The molecule has 25 heavy (non-hydrogen) atoms. The van der Waals surface area contributed by atoms with Gasteiger partial charge in [0.25, 0.3) is 0 Å². The smallest absolute Gasteiger partial charge is 0.236 e. The van der Waals surface area contributed by atoms with Crippen molar-refractivity contribution in [2.45, 2.75) is 19.4 Å². The highest BCUT2D eigenvalue weighted by atomic mass is 79.9. The van der Waals surface area contributed by atoms with Crippen molar-refractivity contribution in [3.63, 3.8) is 0 Å². The molecule has 2 N–H and O–H groups in total. The molecule has 7 heteroatoms. The Morgan fingerprint density at radius 3 is 2.36 bits per heavy atom. The monoisotopic (exact) mass is 410 g/mol. The SMILES string of the molecule is CC[C@@H](NCC(=O)N1CCN(CC(=O)NC)CC1)c1ccc(Br)cc1. The van der Waals surface area contributed by atoms with Crippen LogP contribution in [0.15, 0.2) is 28.7 Å². The van der Waals surface area contributed by atoms with E-state index in [1.807, 2.05) is 17.0 Å². The lowest BCUT2D eigenvalue weighted by Gasteiger charge is -2.34. The molecule has 0 spiro atoms. The molecule has 2 amide bonds. The number of benzene rings is 1. The van der Waals surface area contributed by atoms with E-state index in [0.29, 0.717) is 26.2 Å². The molecule has 0 unspecified atom stereocenters. The highest BCUT2D eigenvalue weighted by Crippen LogP contribution is 2.19. The highest BCUT2D eigenvalue weighted by Gasteiger charge is 2.22. The molecule has 0 saturated carbocycles. The molecule has 1 saturated heterocycles. The highest BCUT2D eigenvalue weighted by molar-refractivity contribution is 9.10. The third kappa shape index (κ3) is 6.09. The number of piperazine rings is 1. The number of hydrogen-bond acceptors (Lipinski definition) is 4. The lowest BCUT2D eigenvalue weighted by atomic mass is 10.0. The fourth-order valence-corrected chi connectivity index (χ4v) is 3.22. The van der Waals surface area contributed by atoms with Crippen molar-refractivity contribution < 1.29 is 9.59 Å². The van der Waals surface area contributed by atoms with Gasteiger partial charge in [-0.3, -0.25) is 14.5 Å². The second-order valence-corrected chi connectivity index (χ2v) is 7.14. The topological polar surface area (TPSA) is 64.7 Å². The summed E-state index contributed by atoms with van der Waals surface area (Å²) in [4.78, 5) is 27.8. The molecular weight excluding hydrogens is 384 g/mol. The van der Waals surface area contributed by atoms with E-state index in [-0.39, 0.29) is 17.9 Å². The number of nitrogens with zero attached hydrogens (tertiary/aromatic N) is 2. The molecule has 0 bridgehead atoms. The number of nitrogens with one attached hydrogen (secondary N) is 2. The lowest BCUT2D eigenvalue weighted by molar-refractivity contribution is -0.132. The zero-order valence-corrected chi connectivity index (χ0v) is 16.5. The predicted octanol–water partition coefficient (Wildman–Crippen LogP) is 1.38. The summed E-state index contributed by atoms with van der Waals surface area (Å²) in [7, 11) is 1.64. The van der Waals surface area contributed by atoms with Gasteiger partial charge in [0.1, 0.15) is 0 Å². The van der Waals surface area contributed by atoms with Crippen LogP contribution in [0.2, 0.25) is 0 Å². The van der Waals surface area contributed by atoms with Gasteiger partial charge in [-0.05, 0) is 24.1 Å². The van der Waals surface area contributed by atoms with E-state index in [4.69, 9.17) is 0 Å². The number of rotatable bonds is 7. The Hall–Kier alpha value is -1.44. The van der Waals surface area contributed by atoms with Crippen LogP contribution in [0.4, 0.5) is 0 Å². The summed E-state index contributed by atoms with van der Waals surface area (Å²) in [5.41, 5.74) is 1.19. The van der Waals surface area contributed by atoms with Gasteiger partial charge in [-0.1, -0.05) is 35.0 Å². The Morgan fingerprint density at radius 1 is 1.16 bits per heavy atom. The molecule has 1 heterocycles. The molecule has 1 aromatic rings. The second-order valence-electron chi connectivity index (χ2n) is 6.22. The quantitative estimate of drug-likeness (QED) is 0.712. The summed E-state index contributed by atoms with van der Waals surface area (Å²) in [6.07, 6.45) is 0.925. The summed E-state index contributed by atoms with van der Waals surface area (Å²) >= 11 is 3.44. The number of hydrogen-bond donors (Lipinski definition) is 2. The van der Waals surface area contributed by atoms with E-state index in [1.165, 1.54) is 5.56 Å². The van der Waals surface area contributed by atoms with Gasteiger partial charge in [0.2, 0.25) is 11.8 Å². The molecule has 1 fully saturated rings. The molecule has 0 aromatic heterocycles. The molecule has 0 radical (unpaired) electrons. The third-order valence-electron chi connectivity index (χ3n) is 4.55. The largest absolute Gasteiger partial charge is 0.358 e. The van der Waals surface area contributed by atoms with Crippen LogP contribution in [0, 0.1) is 0 Å². The summed E-state index contributed by atoms with van der Waals surface area (Å²) in [5, 5.41) is 6.00. The van der Waals surface area contributed by atoms with Crippen molar-refractivity contribution in [3.8, 4) is 0 Å². The van der Waals surface area contributed by atoms with Crippen molar-refractivity contribution >= 4 is 27.7 Å². The van der Waals surface area contributed by atoms with E-state index in [2.05, 4.69) is 50.5 Å². The Balaban J connectivity index is 1.78. The molecule has 0 aliphatic carbocycles. The Bertz CT molecular complexity index is 571. The van der Waals surface area contributed by atoms with E-state index in [0.717, 1.165) is 24.0 Å². The van der Waals surface area contributed by atoms with E-state index in [9.17, 15) is 9.59 Å². The number of likely N-dealkylation sites (N-methyl/N-ethyl adjacent to an activating group) is 1. The molecule has 138 valence electrons. The number of amides is 2. The van der Waals surface area contributed by atoms with E-state index >= 15 is 0 Å². The fourth-order valence-electron chi connectivity index (χ4n) is 2.95. The standard InChI is InChI=1S/C18H27BrN4O2/c1-3-16(14-4-6-15(19)7-5-14)21-12-18(25)23-10-8-22(9-11-23)13-17(24)20-2/h4-7,16,21H,3,8-13H2,1-2H3,(H,20,24)/t16-/m1/s1. The molecule has 6 nitrogen and oxygen atoms in total. The first-order chi connectivity index (χ1) is 12.0. The van der Waals surface area contributed by atoms with Gasteiger partial charge < -0.3 is 15.5 Å². The van der Waals surface area contributed by atoms with E-state index in [1.54, 1.807) is 7.05 Å². The van der Waals surface area contributed by atoms with Gasteiger partial charge in [0, 0.05) is 43.7 Å². The van der Waals surface area contributed by atoms with Crippen LogP contribution < -0.4 is 10.6 Å². The third-order valence-corrected chi connectivity index (χ3v) is 5.08. The maximum absolute atomic E-state index is 12.4. The van der Waals surface area contributed by atoms with Crippen LogP contribution in [0.25, 0.3) is 0 Å². The van der Waals surface area contributed by atoms with Crippen molar-refractivity contribution in [3.05, 3.63) is 34.3 Å². The Morgan fingerprint density at radius 2 is 1.80 bits per heavy atom. The Kier molecular flexibility index (Phi) is 7.87. The first-order valence-electron chi connectivity index (χ1n) is 8.73. The van der Waals surface area contributed by atoms with Gasteiger partial charge >= 0.3 is 0 Å². The van der Waals surface area contributed by atoms with Gasteiger partial charge in [0.15, 0.2) is 0 Å². The fraction of sp³-hybridized carbons (Fsp3) is 0.556. The van der Waals surface area contributed by atoms with Crippen LogP contribution >= 0.6 is 15.9 Å². The molecule has 1 aromatic carbocycles. The first kappa shape index (κ1) is 19.9. The maximum Gasteiger partial charge on any atom is 0.236 e. The van der Waals surface area contributed by atoms with Crippen LogP contribution in [0.5, 0.6) is 0 Å². The van der Waals surface area contributed by atoms with Gasteiger partial charge in [-0.15, -0.1) is 0 Å². The van der Waals surface area contributed by atoms with Crippen LogP contribution in [-0.4, -0.2) is 67.9 Å². The lowest BCUT2D eigenvalue weighted by Crippen LogP contribution is -2.52. The van der Waals surface area contributed by atoms with Crippen LogP contribution in [0.1, 0.15) is 24.9 Å². The minimum atomic E-state index is 0.0155. The van der Waals surface area contributed by atoms with Crippen LogP contribution in [0.3, 0.4) is 0 Å². The first-order valence-corrected chi connectivity index (χ1v) is 9.52. The van der Waals surface area contributed by atoms with Crippen molar-refractivity contribution in [2.75, 3.05) is 46.3 Å². The Labute approximate surface area is 158 Å². The van der Waals surface area contributed by atoms with Crippen molar-refractivity contribution in [1.29, 1.82) is 0 Å². The molecular formula is C18H27BrN4O2. The molecule has 2 rings (SSSR count). The zero-order valence-electron chi connectivity index (χ0n) is 14.9. The van der Waals surface area contributed by atoms with Crippen molar-refractivity contribution in [1.82, 2.24) is 20.4 Å². The maximum atomic E-state index is 12.4. The number of halogens is 1. The summed E-state index contributed by atoms with van der Waals surface area (Å²) in [6, 6.07) is 8.37. The van der Waals surface area contributed by atoms with Gasteiger partial charge in [-0.25, -0.2) is 0 Å². The van der Waals surface area contributed by atoms with E-state index < -0.39 is 0 Å². The normalized spacial score (nSPS) is 16.5. The summed E-state index contributed by atoms with van der Waals surface area (Å²) in [6.45, 7) is 5.68. The minimum absolute atomic E-state index is 0.0155. The number of carbonyl (C=O) groups is 2. The average molecular weight is 411 g/mol. The van der Waals surface area contributed by atoms with Crippen LogP contribution in [-0.2, 0) is 9.59 Å². The molecule has 1 atom stereocenters. The van der Waals surface area contributed by atoms with Gasteiger partial charge in [-0.2, -0.15) is 0 Å². The summed E-state index contributed by atoms with van der Waals surface area (Å²) < 4.78 is 1.05. The second kappa shape index (κ2) is 9.89. The summed E-state index contributed by atoms with van der Waals surface area (Å²) in [5.74, 6) is 0.136. The minimum Gasteiger partial charge on any atom is -0.358 e. The number of carbonyl (C=O) groups excluding carboxylic acids is 2. The molecule has 1 aliphatic heterocycles. The average Bonchev–Trinajstić information content (AvgIpc) is 2.63. The van der Waals surface area contributed by atoms with Gasteiger partial charge in [0.05, 0.1) is 13.1 Å². The predicted molar refractivity (Wildman–Crippen MR) is 102 cm³/mol. The zero-order chi connectivity index (χ0) is 18.2. The van der Waals surface area contributed by atoms with Crippen molar-refractivity contribution in [2.24, 2.45) is 0 Å².